The van der Waals surface area contributed by atoms with Crippen molar-refractivity contribution in [3.05, 3.63) is 33.9 Å². The Morgan fingerprint density at radius 3 is 2.25 bits per heavy atom. The molecule has 0 aromatic heterocycles. The van der Waals surface area contributed by atoms with Crippen LogP contribution in [0.4, 0.5) is 5.69 Å². The fraction of sp³-hybridized carbons (Fsp3) is 0.143. The Morgan fingerprint density at radius 1 is 1.38 bits per heavy atom. The molecule has 0 spiro atoms. The van der Waals surface area contributed by atoms with E-state index in [1.807, 2.05) is 0 Å². The van der Waals surface area contributed by atoms with Crippen molar-refractivity contribution in [2.75, 3.05) is 0 Å². The summed E-state index contributed by atoms with van der Waals surface area (Å²) in [6, 6.07) is 3.26. The molecular weight excluding hydrogens is 256 g/mol. The Kier molecular flexibility index (Phi) is 8.35. The Balaban J connectivity index is -0.000000245. The van der Waals surface area contributed by atoms with Gasteiger partial charge < -0.3 is 2.85 Å². The van der Waals surface area contributed by atoms with E-state index in [1.165, 1.54) is 19.1 Å². The van der Waals surface area contributed by atoms with Crippen LogP contribution in [0.15, 0.2) is 23.1 Å². The molecule has 0 amide bonds. The average Bonchev–Trinajstić information content (AvgIpc) is 2.02. The van der Waals surface area contributed by atoms with Crippen molar-refractivity contribution in [3.8, 4) is 0 Å². The fourth-order valence-electron chi connectivity index (χ4n) is 0.980. The molecule has 0 bridgehead atoms. The minimum atomic E-state index is -4.39. The van der Waals surface area contributed by atoms with E-state index in [2.05, 4.69) is 0 Å². The average molecular weight is 265 g/mol. The topological polar surface area (TPSA) is 97.5 Å². The van der Waals surface area contributed by atoms with Crippen LogP contribution in [0.25, 0.3) is 0 Å². The molecule has 0 radical (unpaired) electrons. The summed E-state index contributed by atoms with van der Waals surface area (Å²) in [5, 5.41) is 10.3. The molecule has 0 unspecified atom stereocenters. The van der Waals surface area contributed by atoms with Gasteiger partial charge in [0.1, 0.15) is 4.90 Å². The van der Waals surface area contributed by atoms with Gasteiger partial charge in [-0.1, -0.05) is 6.07 Å². The van der Waals surface area contributed by atoms with Crippen molar-refractivity contribution >= 4 is 15.8 Å². The summed E-state index contributed by atoms with van der Waals surface area (Å²) in [6.45, 7) is 1.44. The third kappa shape index (κ3) is 4.80. The zero-order chi connectivity index (χ0) is 10.9. The smallest absolute Gasteiger partial charge is 1.00 e. The van der Waals surface area contributed by atoms with E-state index < -0.39 is 19.9 Å². The fourth-order valence-corrected chi connectivity index (χ4v) is 1.72. The Labute approximate surface area is 140 Å². The summed E-state index contributed by atoms with van der Waals surface area (Å²) in [7, 11) is -4.39. The van der Waals surface area contributed by atoms with E-state index >= 15 is 0 Å². The first kappa shape index (κ1) is 18.9. The maximum atomic E-state index is 10.8. The Bertz CT molecular complexity index is 497. The van der Waals surface area contributed by atoms with Crippen LogP contribution in [0, 0.1) is 17.0 Å². The SMILES string of the molecule is Cc1ccc([N+](=O)[O-])cc1S(=O)(=O)O.[H-].[H-].[Na+].[Na+]. The molecule has 0 fully saturated rings. The monoisotopic (exact) mass is 265 g/mol. The predicted molar refractivity (Wildman–Crippen MR) is 49.9 cm³/mol. The molecule has 1 aromatic rings. The molecule has 0 heterocycles. The van der Waals surface area contributed by atoms with Crippen LogP contribution in [0.1, 0.15) is 8.42 Å². The molecule has 0 saturated carbocycles. The van der Waals surface area contributed by atoms with Crippen LogP contribution in [0.5, 0.6) is 0 Å². The number of aryl methyl sites for hydroxylation is 1. The summed E-state index contributed by atoms with van der Waals surface area (Å²) >= 11 is 0. The molecule has 16 heavy (non-hydrogen) atoms. The second-order valence-corrected chi connectivity index (χ2v) is 4.07. The number of non-ortho nitro benzene ring substituents is 1. The van der Waals surface area contributed by atoms with Gasteiger partial charge in [0.15, 0.2) is 0 Å². The number of hydrogen-bond donors (Lipinski definition) is 1. The van der Waals surface area contributed by atoms with Crippen LogP contribution in [-0.4, -0.2) is 17.9 Å². The van der Waals surface area contributed by atoms with Gasteiger partial charge in [-0.25, -0.2) is 0 Å². The van der Waals surface area contributed by atoms with E-state index in [1.54, 1.807) is 0 Å². The van der Waals surface area contributed by atoms with Gasteiger partial charge in [0.05, 0.1) is 4.92 Å². The van der Waals surface area contributed by atoms with Crippen molar-refractivity contribution in [3.63, 3.8) is 0 Å². The molecule has 1 rings (SSSR count). The summed E-state index contributed by atoms with van der Waals surface area (Å²) in [6.07, 6.45) is 0. The molecule has 0 atom stereocenters. The van der Waals surface area contributed by atoms with E-state index in [0.717, 1.165) is 6.07 Å². The summed E-state index contributed by atoms with van der Waals surface area (Å²) < 4.78 is 30.2. The second kappa shape index (κ2) is 7.07. The van der Waals surface area contributed by atoms with Gasteiger partial charge in [0.2, 0.25) is 0 Å². The molecule has 1 N–H and O–H groups in total. The van der Waals surface area contributed by atoms with Gasteiger partial charge >= 0.3 is 59.1 Å². The first-order chi connectivity index (χ1) is 6.32. The third-order valence-electron chi connectivity index (χ3n) is 1.66. The van der Waals surface area contributed by atoms with Gasteiger partial charge in [-0.2, -0.15) is 8.42 Å². The number of nitro benzene ring substituents is 1. The van der Waals surface area contributed by atoms with Crippen LogP contribution < -0.4 is 59.1 Å². The van der Waals surface area contributed by atoms with Gasteiger partial charge in [0, 0.05) is 12.1 Å². The molecule has 0 aliphatic carbocycles. The minimum absolute atomic E-state index is 0. The van der Waals surface area contributed by atoms with Crippen LogP contribution >= 0.6 is 0 Å². The quantitative estimate of drug-likeness (QED) is 0.251. The second-order valence-electron chi connectivity index (χ2n) is 2.68. The largest absolute Gasteiger partial charge is 1.00 e. The number of rotatable bonds is 2. The first-order valence-corrected chi connectivity index (χ1v) is 4.99. The Morgan fingerprint density at radius 2 is 1.88 bits per heavy atom. The molecule has 9 heteroatoms. The summed E-state index contributed by atoms with van der Waals surface area (Å²) in [4.78, 5) is 9.15. The van der Waals surface area contributed by atoms with Gasteiger partial charge in [-0.15, -0.1) is 0 Å². The standard InChI is InChI=1S/C7H7NO5S.2Na.2H/c1-5-2-3-6(8(9)10)4-7(5)14(11,12)13;;;;/h2-4H,1H3,(H,11,12,13);;;;/q;2*+1;2*-1. The van der Waals surface area contributed by atoms with E-state index in [-0.39, 0.29) is 73.2 Å². The Hall–Kier alpha value is 0.530. The zero-order valence-electron chi connectivity index (χ0n) is 11.2. The van der Waals surface area contributed by atoms with Crippen LogP contribution in [0.3, 0.4) is 0 Å². The van der Waals surface area contributed by atoms with E-state index in [0.29, 0.717) is 0 Å². The van der Waals surface area contributed by atoms with E-state index in [9.17, 15) is 18.5 Å². The number of benzene rings is 1. The normalized spacial score (nSPS) is 9.88. The summed E-state index contributed by atoms with van der Waals surface area (Å²) in [5.41, 5.74) is -0.110. The minimum Gasteiger partial charge on any atom is -1.00 e. The van der Waals surface area contributed by atoms with Crippen molar-refractivity contribution < 1.29 is 79.9 Å². The maximum Gasteiger partial charge on any atom is 1.00 e. The number of nitrogens with zero attached hydrogens (tertiary/aromatic N) is 1. The first-order valence-electron chi connectivity index (χ1n) is 3.55. The van der Waals surface area contributed by atoms with Crippen LogP contribution in [0.2, 0.25) is 0 Å². The molecule has 6 nitrogen and oxygen atoms in total. The van der Waals surface area contributed by atoms with Gasteiger partial charge in [0.25, 0.3) is 15.8 Å². The van der Waals surface area contributed by atoms with E-state index in [4.69, 9.17) is 4.55 Å². The number of nitro groups is 1. The number of hydrogen-bond acceptors (Lipinski definition) is 4. The van der Waals surface area contributed by atoms with Crippen molar-refractivity contribution in [2.24, 2.45) is 0 Å². The zero-order valence-corrected chi connectivity index (χ0v) is 14.0. The molecule has 0 saturated heterocycles. The van der Waals surface area contributed by atoms with Gasteiger partial charge in [-0.05, 0) is 12.5 Å². The van der Waals surface area contributed by atoms with Crippen molar-refractivity contribution in [1.29, 1.82) is 0 Å². The summed E-state index contributed by atoms with van der Waals surface area (Å²) in [5.74, 6) is 0. The molecule has 80 valence electrons. The van der Waals surface area contributed by atoms with Crippen molar-refractivity contribution in [1.82, 2.24) is 0 Å². The predicted octanol–water partition coefficient (Wildman–Crippen LogP) is -4.62. The van der Waals surface area contributed by atoms with Crippen LogP contribution in [-0.2, 0) is 10.1 Å². The van der Waals surface area contributed by atoms with Gasteiger partial charge in [-0.3, -0.25) is 14.7 Å². The molecule has 0 aliphatic rings. The third-order valence-corrected chi connectivity index (χ3v) is 2.66. The maximum absolute atomic E-state index is 10.8. The molecule has 0 aliphatic heterocycles. The van der Waals surface area contributed by atoms with Crippen molar-refractivity contribution in [2.45, 2.75) is 11.8 Å². The molecular formula is C7H9NNa2O5S. The molecule has 1 aromatic carbocycles.